The lowest BCUT2D eigenvalue weighted by Gasteiger charge is -2.40. The molecular formula is C17H25F2NO3S. The molecule has 136 valence electrons. The second-order valence-electron chi connectivity index (χ2n) is 7.24. The first-order chi connectivity index (χ1) is 11.1. The molecule has 7 heteroatoms. The third-order valence-electron chi connectivity index (χ3n) is 4.28. The molecule has 0 aromatic heterocycles. The highest BCUT2D eigenvalue weighted by Crippen LogP contribution is 2.35. The van der Waals surface area contributed by atoms with Gasteiger partial charge in [0.2, 0.25) is 9.84 Å². The van der Waals surface area contributed by atoms with Crippen molar-refractivity contribution in [2.75, 3.05) is 18.5 Å². The number of hydrogen-bond donors (Lipinski definition) is 1. The number of halogens is 2. The SMILES string of the molecule is CC(C)(C)C1OCCCC1CNc1ccccc1S(=O)(=O)C(F)F. The Balaban J connectivity index is 2.18. The van der Waals surface area contributed by atoms with Gasteiger partial charge in [-0.1, -0.05) is 32.9 Å². The summed E-state index contributed by atoms with van der Waals surface area (Å²) in [6.07, 6.45) is 1.94. The van der Waals surface area contributed by atoms with Crippen molar-refractivity contribution in [2.45, 2.75) is 50.4 Å². The van der Waals surface area contributed by atoms with Gasteiger partial charge in [0.1, 0.15) is 0 Å². The Kier molecular flexibility index (Phi) is 5.86. The fourth-order valence-electron chi connectivity index (χ4n) is 3.21. The third-order valence-corrected chi connectivity index (χ3v) is 5.72. The summed E-state index contributed by atoms with van der Waals surface area (Å²) in [6.45, 7) is 7.51. The number of rotatable bonds is 5. The van der Waals surface area contributed by atoms with Crippen LogP contribution < -0.4 is 5.32 Å². The molecule has 24 heavy (non-hydrogen) atoms. The number of hydrogen-bond acceptors (Lipinski definition) is 4. The molecule has 1 fully saturated rings. The van der Waals surface area contributed by atoms with Gasteiger partial charge >= 0.3 is 5.76 Å². The zero-order valence-electron chi connectivity index (χ0n) is 14.3. The first kappa shape index (κ1) is 19.1. The van der Waals surface area contributed by atoms with E-state index in [2.05, 4.69) is 26.1 Å². The Bertz CT molecular complexity index is 656. The van der Waals surface area contributed by atoms with E-state index in [9.17, 15) is 17.2 Å². The maximum absolute atomic E-state index is 12.9. The van der Waals surface area contributed by atoms with Crippen molar-refractivity contribution in [3.63, 3.8) is 0 Å². The normalized spacial score (nSPS) is 22.6. The highest BCUT2D eigenvalue weighted by atomic mass is 32.2. The average Bonchev–Trinajstić information content (AvgIpc) is 2.52. The number of alkyl halides is 2. The minimum absolute atomic E-state index is 0.0395. The fraction of sp³-hybridized carbons (Fsp3) is 0.647. The summed E-state index contributed by atoms with van der Waals surface area (Å²) in [5.41, 5.74) is 0.178. The molecule has 0 saturated carbocycles. The summed E-state index contributed by atoms with van der Waals surface area (Å²) in [4.78, 5) is -0.357. The lowest BCUT2D eigenvalue weighted by molar-refractivity contribution is -0.0814. The van der Waals surface area contributed by atoms with E-state index in [1.54, 1.807) is 6.07 Å². The molecule has 0 amide bonds. The van der Waals surface area contributed by atoms with Crippen molar-refractivity contribution in [2.24, 2.45) is 11.3 Å². The molecule has 2 rings (SSSR count). The maximum Gasteiger partial charge on any atom is 0.341 e. The van der Waals surface area contributed by atoms with E-state index in [4.69, 9.17) is 4.74 Å². The molecule has 1 saturated heterocycles. The molecular weight excluding hydrogens is 336 g/mol. The summed E-state index contributed by atoms with van der Waals surface area (Å²) in [5, 5.41) is 3.05. The molecule has 1 heterocycles. The predicted octanol–water partition coefficient (Wildman–Crippen LogP) is 3.94. The van der Waals surface area contributed by atoms with E-state index in [0.717, 1.165) is 19.4 Å². The molecule has 1 aromatic carbocycles. The van der Waals surface area contributed by atoms with Crippen LogP contribution in [0.25, 0.3) is 0 Å². The number of para-hydroxylation sites is 1. The van der Waals surface area contributed by atoms with Crippen LogP contribution in [0.3, 0.4) is 0 Å². The van der Waals surface area contributed by atoms with Crippen LogP contribution in [0.4, 0.5) is 14.5 Å². The smallest absolute Gasteiger partial charge is 0.341 e. The molecule has 4 nitrogen and oxygen atoms in total. The Hall–Kier alpha value is -1.21. The van der Waals surface area contributed by atoms with Crippen LogP contribution in [0.15, 0.2) is 29.2 Å². The van der Waals surface area contributed by atoms with Crippen LogP contribution >= 0.6 is 0 Å². The fourth-order valence-corrected chi connectivity index (χ4v) is 4.11. The second-order valence-corrected chi connectivity index (χ2v) is 9.13. The van der Waals surface area contributed by atoms with Crippen LogP contribution in [-0.4, -0.2) is 33.4 Å². The van der Waals surface area contributed by atoms with Gasteiger partial charge < -0.3 is 10.1 Å². The van der Waals surface area contributed by atoms with Crippen LogP contribution in [-0.2, 0) is 14.6 Å². The summed E-state index contributed by atoms with van der Waals surface area (Å²) in [7, 11) is -4.63. The van der Waals surface area contributed by atoms with E-state index in [0.29, 0.717) is 6.54 Å². The molecule has 0 radical (unpaired) electrons. The highest BCUT2D eigenvalue weighted by molar-refractivity contribution is 7.91. The molecule has 1 N–H and O–H groups in total. The topological polar surface area (TPSA) is 55.4 Å². The van der Waals surface area contributed by atoms with Gasteiger partial charge in [-0.15, -0.1) is 0 Å². The van der Waals surface area contributed by atoms with Gasteiger partial charge in [0.05, 0.1) is 16.7 Å². The maximum atomic E-state index is 12.9. The Morgan fingerprint density at radius 1 is 1.29 bits per heavy atom. The van der Waals surface area contributed by atoms with Crippen molar-refractivity contribution in [1.29, 1.82) is 0 Å². The van der Waals surface area contributed by atoms with Gasteiger partial charge in [-0.3, -0.25) is 0 Å². The van der Waals surface area contributed by atoms with Crippen molar-refractivity contribution in [3.05, 3.63) is 24.3 Å². The van der Waals surface area contributed by atoms with Crippen LogP contribution in [0.2, 0.25) is 0 Å². The van der Waals surface area contributed by atoms with E-state index in [1.165, 1.54) is 18.2 Å². The van der Waals surface area contributed by atoms with E-state index < -0.39 is 15.6 Å². The van der Waals surface area contributed by atoms with Gasteiger partial charge in [-0.25, -0.2) is 8.42 Å². The predicted molar refractivity (Wildman–Crippen MR) is 90.0 cm³/mol. The number of benzene rings is 1. The van der Waals surface area contributed by atoms with Crippen molar-refractivity contribution in [3.8, 4) is 0 Å². The van der Waals surface area contributed by atoms with Crippen LogP contribution in [0, 0.1) is 11.3 Å². The number of ether oxygens (including phenoxy) is 1. The lowest BCUT2D eigenvalue weighted by atomic mass is 9.78. The third kappa shape index (κ3) is 4.25. The highest BCUT2D eigenvalue weighted by Gasteiger charge is 2.35. The zero-order valence-corrected chi connectivity index (χ0v) is 15.1. The Labute approximate surface area is 142 Å². The van der Waals surface area contributed by atoms with Crippen molar-refractivity contribution >= 4 is 15.5 Å². The Morgan fingerprint density at radius 2 is 1.96 bits per heavy atom. The lowest BCUT2D eigenvalue weighted by Crippen LogP contribution is -2.42. The van der Waals surface area contributed by atoms with E-state index in [1.807, 2.05) is 0 Å². The first-order valence-electron chi connectivity index (χ1n) is 8.10. The van der Waals surface area contributed by atoms with Crippen LogP contribution in [0.5, 0.6) is 0 Å². The molecule has 2 unspecified atom stereocenters. The summed E-state index contributed by atoms with van der Waals surface area (Å²) in [6, 6.07) is 5.81. The van der Waals surface area contributed by atoms with Gasteiger partial charge in [0.15, 0.2) is 0 Å². The van der Waals surface area contributed by atoms with Gasteiger partial charge in [0.25, 0.3) is 0 Å². The molecule has 1 aliphatic heterocycles. The Morgan fingerprint density at radius 3 is 2.58 bits per heavy atom. The number of sulfone groups is 1. The summed E-state index contributed by atoms with van der Waals surface area (Å²) < 4.78 is 55.2. The largest absolute Gasteiger partial charge is 0.384 e. The van der Waals surface area contributed by atoms with Crippen molar-refractivity contribution < 1.29 is 21.9 Å². The van der Waals surface area contributed by atoms with Crippen LogP contribution in [0.1, 0.15) is 33.6 Å². The average molecular weight is 361 g/mol. The molecule has 0 aliphatic carbocycles. The number of anilines is 1. The van der Waals surface area contributed by atoms with Crippen molar-refractivity contribution in [1.82, 2.24) is 0 Å². The minimum Gasteiger partial charge on any atom is -0.384 e. The molecule has 2 atom stereocenters. The zero-order chi connectivity index (χ0) is 18.0. The second kappa shape index (κ2) is 7.35. The van der Waals surface area contributed by atoms with Gasteiger partial charge in [-0.2, -0.15) is 8.78 Å². The first-order valence-corrected chi connectivity index (χ1v) is 9.65. The number of nitrogens with one attached hydrogen (secondary N) is 1. The molecule has 1 aliphatic rings. The quantitative estimate of drug-likeness (QED) is 0.863. The molecule has 0 bridgehead atoms. The monoisotopic (exact) mass is 361 g/mol. The minimum atomic E-state index is -4.63. The van der Waals surface area contributed by atoms with E-state index >= 15 is 0 Å². The molecule has 1 aromatic rings. The summed E-state index contributed by atoms with van der Waals surface area (Å²) >= 11 is 0. The van der Waals surface area contributed by atoms with E-state index in [-0.39, 0.29) is 28.0 Å². The molecule has 0 spiro atoms. The standard InChI is InChI=1S/C17H25F2NO3S/c1-17(2,3)15-12(7-6-10-23-15)11-20-13-8-4-5-9-14(13)24(21,22)16(18)19/h4-5,8-9,12,15-16,20H,6-7,10-11H2,1-3H3. The van der Waals surface area contributed by atoms with Gasteiger partial charge in [-0.05, 0) is 30.4 Å². The summed E-state index contributed by atoms with van der Waals surface area (Å²) in [5.74, 6) is -3.23. The van der Waals surface area contributed by atoms with Gasteiger partial charge in [0, 0.05) is 19.1 Å².